The van der Waals surface area contributed by atoms with E-state index in [-0.39, 0.29) is 6.10 Å². The summed E-state index contributed by atoms with van der Waals surface area (Å²) in [4.78, 5) is 10.5. The third-order valence-corrected chi connectivity index (χ3v) is 2.57. The van der Waals surface area contributed by atoms with Gasteiger partial charge in [-0.15, -0.1) is 0 Å². The van der Waals surface area contributed by atoms with Crippen molar-refractivity contribution in [2.45, 2.75) is 6.10 Å². The molecule has 0 aromatic heterocycles. The second-order valence-corrected chi connectivity index (χ2v) is 3.88. The molecule has 92 valence electrons. The Hall–Kier alpha value is -2.13. The summed E-state index contributed by atoms with van der Waals surface area (Å²) < 4.78 is 5.41. The predicted molar refractivity (Wildman–Crippen MR) is 65.7 cm³/mol. The first kappa shape index (κ1) is 12.3. The highest BCUT2D eigenvalue weighted by atomic mass is 16.5. The second-order valence-electron chi connectivity index (χ2n) is 3.88. The van der Waals surface area contributed by atoms with Crippen LogP contribution in [0.4, 0.5) is 0 Å². The Morgan fingerprint density at radius 1 is 0.944 bits per heavy atom. The fraction of sp³-hybridized carbons (Fsp3) is 0.133. The minimum atomic E-state index is -1.22. The molecule has 0 atom stereocenters. The fourth-order valence-electron chi connectivity index (χ4n) is 1.79. The van der Waals surface area contributed by atoms with Crippen LogP contribution in [0.15, 0.2) is 60.7 Å². The molecule has 2 aromatic carbocycles. The number of ether oxygens (including phenoxy) is 1. The lowest BCUT2D eigenvalue weighted by Crippen LogP contribution is -2.28. The van der Waals surface area contributed by atoms with E-state index in [1.807, 2.05) is 60.7 Å². The molecule has 0 saturated heterocycles. The summed E-state index contributed by atoms with van der Waals surface area (Å²) in [6.45, 7) is -0.422. The highest BCUT2D eigenvalue weighted by molar-refractivity contribution is 5.65. The van der Waals surface area contributed by atoms with Gasteiger partial charge in [-0.1, -0.05) is 60.7 Å². The van der Waals surface area contributed by atoms with E-state index < -0.39 is 12.6 Å². The first-order chi connectivity index (χ1) is 8.77. The van der Waals surface area contributed by atoms with Gasteiger partial charge in [0.25, 0.3) is 0 Å². The molecule has 3 heteroatoms. The maximum absolute atomic E-state index is 10.5. The third-order valence-electron chi connectivity index (χ3n) is 2.57. The zero-order chi connectivity index (χ0) is 12.8. The molecule has 0 aliphatic heterocycles. The smallest absolute Gasteiger partial charge is 0.108 e. The van der Waals surface area contributed by atoms with Gasteiger partial charge in [-0.05, 0) is 11.1 Å². The maximum atomic E-state index is 10.5. The van der Waals surface area contributed by atoms with E-state index >= 15 is 0 Å². The first-order valence-electron chi connectivity index (χ1n) is 5.68. The van der Waals surface area contributed by atoms with Crippen molar-refractivity contribution in [2.75, 3.05) is 6.61 Å². The number of carbonyl (C=O) groups excluding carboxylic acids is 1. The molecule has 2 aromatic rings. The molecular weight excluding hydrogens is 228 g/mol. The summed E-state index contributed by atoms with van der Waals surface area (Å²) in [5, 5.41) is 10.5. The van der Waals surface area contributed by atoms with Gasteiger partial charge in [0.1, 0.15) is 6.10 Å². The normalized spacial score (nSPS) is 10.5. The van der Waals surface area contributed by atoms with Gasteiger partial charge in [-0.25, -0.2) is 0 Å². The predicted octanol–water partition coefficient (Wildman–Crippen LogP) is 1.54. The summed E-state index contributed by atoms with van der Waals surface area (Å²) >= 11 is 0. The van der Waals surface area contributed by atoms with Gasteiger partial charge in [-0.3, -0.25) is 0 Å². The minimum absolute atomic E-state index is 0.384. The summed E-state index contributed by atoms with van der Waals surface area (Å²) in [5.74, 6) is -1.22. The Kier molecular flexibility index (Phi) is 4.10. The quantitative estimate of drug-likeness (QED) is 0.797. The number of aliphatic carboxylic acids is 1. The van der Waals surface area contributed by atoms with Crippen LogP contribution in [0.1, 0.15) is 17.2 Å². The highest BCUT2D eigenvalue weighted by Crippen LogP contribution is 2.25. The number of rotatable bonds is 5. The van der Waals surface area contributed by atoms with Crippen molar-refractivity contribution < 1.29 is 14.6 Å². The number of carbonyl (C=O) groups is 1. The van der Waals surface area contributed by atoms with E-state index in [2.05, 4.69) is 0 Å². The van der Waals surface area contributed by atoms with Crippen LogP contribution in [0.5, 0.6) is 0 Å². The largest absolute Gasteiger partial charge is 0.548 e. The van der Waals surface area contributed by atoms with Crippen LogP contribution in [-0.4, -0.2) is 12.6 Å². The van der Waals surface area contributed by atoms with Crippen LogP contribution in [-0.2, 0) is 9.53 Å². The topological polar surface area (TPSA) is 49.4 Å². The molecule has 3 nitrogen and oxygen atoms in total. The second kappa shape index (κ2) is 5.98. The number of carboxylic acids is 1. The van der Waals surface area contributed by atoms with Crippen molar-refractivity contribution in [1.29, 1.82) is 0 Å². The van der Waals surface area contributed by atoms with E-state index in [4.69, 9.17) is 4.74 Å². The van der Waals surface area contributed by atoms with Crippen molar-refractivity contribution >= 4 is 5.97 Å². The molecule has 0 spiro atoms. The average Bonchev–Trinajstić information content (AvgIpc) is 2.41. The summed E-state index contributed by atoms with van der Waals surface area (Å²) in [7, 11) is 0. The van der Waals surface area contributed by atoms with Crippen molar-refractivity contribution in [3.8, 4) is 0 Å². The Morgan fingerprint density at radius 3 is 1.78 bits per heavy atom. The summed E-state index contributed by atoms with van der Waals surface area (Å²) in [5.41, 5.74) is 1.84. The van der Waals surface area contributed by atoms with Crippen LogP contribution < -0.4 is 5.11 Å². The van der Waals surface area contributed by atoms with Crippen LogP contribution in [0.3, 0.4) is 0 Å². The molecule has 0 saturated carbocycles. The van der Waals surface area contributed by atoms with E-state index in [1.165, 1.54) is 0 Å². The third kappa shape index (κ3) is 3.18. The van der Waals surface area contributed by atoms with Gasteiger partial charge < -0.3 is 14.6 Å². The lowest BCUT2D eigenvalue weighted by atomic mass is 10.0. The Bertz CT molecular complexity index is 454. The van der Waals surface area contributed by atoms with Gasteiger partial charge in [0.2, 0.25) is 0 Å². The van der Waals surface area contributed by atoms with E-state index in [1.54, 1.807) is 0 Å². The Balaban J connectivity index is 2.26. The zero-order valence-electron chi connectivity index (χ0n) is 9.78. The summed E-state index contributed by atoms with van der Waals surface area (Å²) in [6.07, 6.45) is -0.384. The Morgan fingerprint density at radius 2 is 1.39 bits per heavy atom. The van der Waals surface area contributed by atoms with Crippen LogP contribution in [0, 0.1) is 0 Å². The molecule has 0 amide bonds. The Labute approximate surface area is 106 Å². The SMILES string of the molecule is O=C([O-])COC(c1ccccc1)c1ccccc1. The number of benzene rings is 2. The van der Waals surface area contributed by atoms with Crippen LogP contribution in [0.2, 0.25) is 0 Å². The van der Waals surface area contributed by atoms with E-state index in [9.17, 15) is 9.90 Å². The molecule has 0 radical (unpaired) electrons. The van der Waals surface area contributed by atoms with Crippen molar-refractivity contribution in [2.24, 2.45) is 0 Å². The monoisotopic (exact) mass is 241 g/mol. The van der Waals surface area contributed by atoms with Crippen molar-refractivity contribution in [1.82, 2.24) is 0 Å². The first-order valence-corrected chi connectivity index (χ1v) is 5.68. The molecule has 0 bridgehead atoms. The molecule has 0 heterocycles. The maximum Gasteiger partial charge on any atom is 0.108 e. The lowest BCUT2D eigenvalue weighted by Gasteiger charge is -2.19. The van der Waals surface area contributed by atoms with Gasteiger partial charge in [0, 0.05) is 0 Å². The van der Waals surface area contributed by atoms with Gasteiger partial charge >= 0.3 is 0 Å². The number of carboxylic acid groups (broad SMARTS) is 1. The van der Waals surface area contributed by atoms with Gasteiger partial charge in [0.15, 0.2) is 0 Å². The number of hydrogen-bond donors (Lipinski definition) is 0. The van der Waals surface area contributed by atoms with Crippen LogP contribution >= 0.6 is 0 Å². The van der Waals surface area contributed by atoms with E-state index in [0.717, 1.165) is 11.1 Å². The molecule has 0 aliphatic rings. The average molecular weight is 241 g/mol. The molecule has 0 aliphatic carbocycles. The van der Waals surface area contributed by atoms with Crippen LogP contribution in [0.25, 0.3) is 0 Å². The highest BCUT2D eigenvalue weighted by Gasteiger charge is 2.13. The zero-order valence-corrected chi connectivity index (χ0v) is 9.78. The molecule has 0 fully saturated rings. The van der Waals surface area contributed by atoms with E-state index in [0.29, 0.717) is 0 Å². The molecule has 18 heavy (non-hydrogen) atoms. The van der Waals surface area contributed by atoms with Gasteiger partial charge in [-0.2, -0.15) is 0 Å². The molecular formula is C15H13O3-. The minimum Gasteiger partial charge on any atom is -0.548 e. The summed E-state index contributed by atoms with van der Waals surface area (Å²) in [6, 6.07) is 19.0. The lowest BCUT2D eigenvalue weighted by molar-refractivity contribution is -0.310. The van der Waals surface area contributed by atoms with Crippen molar-refractivity contribution in [3.63, 3.8) is 0 Å². The fourth-order valence-corrected chi connectivity index (χ4v) is 1.79. The van der Waals surface area contributed by atoms with Crippen molar-refractivity contribution in [3.05, 3.63) is 71.8 Å². The molecule has 2 rings (SSSR count). The molecule has 0 N–H and O–H groups in total. The van der Waals surface area contributed by atoms with Gasteiger partial charge in [0.05, 0.1) is 12.6 Å². The number of hydrogen-bond acceptors (Lipinski definition) is 3. The molecule has 0 unspecified atom stereocenters. The standard InChI is InChI=1S/C15H14O3/c16-14(17)11-18-15(12-7-3-1-4-8-12)13-9-5-2-6-10-13/h1-10,15H,11H2,(H,16,17)/p-1.